The highest BCUT2D eigenvalue weighted by Crippen LogP contribution is 2.24. The van der Waals surface area contributed by atoms with Crippen LogP contribution in [0.4, 0.5) is 0 Å². The molecular weight excluding hydrogens is 114 g/mol. The fourth-order valence-electron chi connectivity index (χ4n) is 0.540. The van der Waals surface area contributed by atoms with Crippen molar-refractivity contribution in [1.82, 2.24) is 0 Å². The quantitative estimate of drug-likeness (QED) is 0.319. The fourth-order valence-corrected chi connectivity index (χ4v) is 0.540. The van der Waals surface area contributed by atoms with E-state index in [-0.39, 0.29) is 0 Å². The molecule has 1 aliphatic rings. The summed E-state index contributed by atoms with van der Waals surface area (Å²) in [7, 11) is 0. The normalized spacial score (nSPS) is 16.4. The van der Waals surface area contributed by atoms with Crippen LogP contribution in [-0.4, -0.2) is 0 Å². The first-order chi connectivity index (χ1) is 4.34. The topological polar surface area (TPSA) is 29.4 Å². The molecule has 0 N–H and O–H groups in total. The standard InChI is InChI=1S/C7H7NO/c1-6(4-5-8-9)7-2-3-7/h2-5,7H,1H2/b5-4-. The number of allylic oxidation sites excluding steroid dienone is 4. The van der Waals surface area contributed by atoms with Gasteiger partial charge in [0, 0.05) is 5.92 Å². The molecule has 2 nitrogen and oxygen atoms in total. The van der Waals surface area contributed by atoms with E-state index in [1.54, 1.807) is 6.08 Å². The van der Waals surface area contributed by atoms with Crippen LogP contribution in [0.25, 0.3) is 0 Å². The molecule has 0 aromatic rings. The van der Waals surface area contributed by atoms with Gasteiger partial charge in [0.2, 0.25) is 0 Å². The van der Waals surface area contributed by atoms with E-state index in [2.05, 4.69) is 11.8 Å². The van der Waals surface area contributed by atoms with Crippen molar-refractivity contribution in [1.29, 1.82) is 0 Å². The third kappa shape index (κ3) is 1.64. The van der Waals surface area contributed by atoms with Gasteiger partial charge in [-0.25, -0.2) is 0 Å². The predicted octanol–water partition coefficient (Wildman–Crippen LogP) is 2.01. The smallest absolute Gasteiger partial charge is 0.0717 e. The zero-order valence-electron chi connectivity index (χ0n) is 4.95. The predicted molar refractivity (Wildman–Crippen MR) is 36.7 cm³/mol. The molecule has 0 aliphatic heterocycles. The Kier molecular flexibility index (Phi) is 1.58. The maximum absolute atomic E-state index is 9.55. The minimum Gasteiger partial charge on any atom is -0.145 e. The Hall–Kier alpha value is -1.18. The Morgan fingerprint density at radius 3 is 2.78 bits per heavy atom. The van der Waals surface area contributed by atoms with Gasteiger partial charge >= 0.3 is 0 Å². The molecule has 0 spiro atoms. The van der Waals surface area contributed by atoms with Crippen LogP contribution in [0, 0.1) is 10.8 Å². The van der Waals surface area contributed by atoms with E-state index in [1.807, 2.05) is 12.2 Å². The molecule has 9 heavy (non-hydrogen) atoms. The maximum atomic E-state index is 9.55. The van der Waals surface area contributed by atoms with Crippen molar-refractivity contribution < 1.29 is 0 Å². The molecule has 0 atom stereocenters. The number of nitroso groups, excluding NO2 is 1. The van der Waals surface area contributed by atoms with Crippen molar-refractivity contribution in [3.8, 4) is 0 Å². The molecule has 0 bridgehead atoms. The molecule has 0 saturated carbocycles. The van der Waals surface area contributed by atoms with Crippen molar-refractivity contribution in [3.05, 3.63) is 41.5 Å². The summed E-state index contributed by atoms with van der Waals surface area (Å²) in [6, 6.07) is 0. The molecule has 0 aromatic heterocycles. The van der Waals surface area contributed by atoms with E-state index in [9.17, 15) is 4.91 Å². The van der Waals surface area contributed by atoms with Gasteiger partial charge < -0.3 is 0 Å². The molecule has 0 aromatic carbocycles. The molecule has 0 fully saturated rings. The minimum absolute atomic E-state index is 0.392. The lowest BCUT2D eigenvalue weighted by atomic mass is 10.2. The highest BCUT2D eigenvalue weighted by atomic mass is 16.2. The average Bonchev–Trinajstić information content (AvgIpc) is 2.63. The van der Waals surface area contributed by atoms with Crippen molar-refractivity contribution in [2.24, 2.45) is 11.1 Å². The summed E-state index contributed by atoms with van der Waals surface area (Å²) in [6.45, 7) is 3.71. The number of hydrogen-bond acceptors (Lipinski definition) is 2. The van der Waals surface area contributed by atoms with E-state index in [0.717, 1.165) is 5.57 Å². The molecule has 0 unspecified atom stereocenters. The largest absolute Gasteiger partial charge is 0.145 e. The lowest BCUT2D eigenvalue weighted by molar-refractivity contribution is 1.17. The van der Waals surface area contributed by atoms with E-state index in [0.29, 0.717) is 5.92 Å². The van der Waals surface area contributed by atoms with Crippen LogP contribution in [0.5, 0.6) is 0 Å². The second kappa shape index (κ2) is 2.40. The van der Waals surface area contributed by atoms with Crippen molar-refractivity contribution >= 4 is 0 Å². The highest BCUT2D eigenvalue weighted by molar-refractivity contribution is 5.35. The molecule has 0 amide bonds. The average molecular weight is 121 g/mol. The van der Waals surface area contributed by atoms with Crippen molar-refractivity contribution in [2.75, 3.05) is 0 Å². The zero-order valence-corrected chi connectivity index (χ0v) is 4.95. The van der Waals surface area contributed by atoms with Gasteiger partial charge in [-0.3, -0.25) is 0 Å². The molecule has 1 rings (SSSR count). The Morgan fingerprint density at radius 2 is 2.33 bits per heavy atom. The van der Waals surface area contributed by atoms with Crippen LogP contribution >= 0.6 is 0 Å². The SMILES string of the molecule is C=C(/C=C\N=O)C1C=C1. The van der Waals surface area contributed by atoms with E-state index >= 15 is 0 Å². The molecular formula is C7H7NO. The molecule has 0 heterocycles. The molecule has 0 saturated heterocycles. The summed E-state index contributed by atoms with van der Waals surface area (Å²) in [5.41, 5.74) is 0.926. The van der Waals surface area contributed by atoms with Crippen LogP contribution < -0.4 is 0 Å². The first-order valence-electron chi connectivity index (χ1n) is 2.71. The van der Waals surface area contributed by atoms with Gasteiger partial charge in [-0.05, 0) is 16.8 Å². The highest BCUT2D eigenvalue weighted by Gasteiger charge is 2.11. The lowest BCUT2D eigenvalue weighted by Gasteiger charge is -1.89. The third-order valence-electron chi connectivity index (χ3n) is 1.16. The molecule has 1 aliphatic carbocycles. The maximum Gasteiger partial charge on any atom is 0.0717 e. The van der Waals surface area contributed by atoms with E-state index in [4.69, 9.17) is 0 Å². The van der Waals surface area contributed by atoms with Gasteiger partial charge in [0.15, 0.2) is 0 Å². The van der Waals surface area contributed by atoms with Crippen molar-refractivity contribution in [3.63, 3.8) is 0 Å². The van der Waals surface area contributed by atoms with Crippen LogP contribution in [0.3, 0.4) is 0 Å². The zero-order chi connectivity index (χ0) is 6.69. The summed E-state index contributed by atoms with van der Waals surface area (Å²) in [4.78, 5) is 9.55. The van der Waals surface area contributed by atoms with Gasteiger partial charge in [0.05, 0.1) is 6.20 Å². The Balaban J connectivity index is 2.34. The van der Waals surface area contributed by atoms with Gasteiger partial charge in [-0.2, -0.15) is 0 Å². The van der Waals surface area contributed by atoms with Gasteiger partial charge in [-0.15, -0.1) is 4.91 Å². The Morgan fingerprint density at radius 1 is 1.67 bits per heavy atom. The Labute approximate surface area is 53.5 Å². The summed E-state index contributed by atoms with van der Waals surface area (Å²) in [5, 5.41) is 2.57. The summed E-state index contributed by atoms with van der Waals surface area (Å²) in [5.74, 6) is 0.392. The minimum atomic E-state index is 0.392. The second-order valence-corrected chi connectivity index (χ2v) is 1.91. The van der Waals surface area contributed by atoms with Crippen LogP contribution in [-0.2, 0) is 0 Å². The first kappa shape index (κ1) is 5.95. The second-order valence-electron chi connectivity index (χ2n) is 1.91. The third-order valence-corrected chi connectivity index (χ3v) is 1.16. The number of rotatable bonds is 3. The summed E-state index contributed by atoms with van der Waals surface area (Å²) in [6.07, 6.45) is 6.86. The van der Waals surface area contributed by atoms with Gasteiger partial charge in [0.25, 0.3) is 0 Å². The molecule has 0 radical (unpaired) electrons. The molecule has 2 heteroatoms. The number of hydrogen-bond donors (Lipinski definition) is 0. The van der Waals surface area contributed by atoms with E-state index in [1.165, 1.54) is 6.20 Å². The Bertz CT molecular complexity index is 185. The number of nitrogens with zero attached hydrogens (tertiary/aromatic N) is 1. The van der Waals surface area contributed by atoms with Crippen LogP contribution in [0.2, 0.25) is 0 Å². The van der Waals surface area contributed by atoms with E-state index < -0.39 is 0 Å². The van der Waals surface area contributed by atoms with Crippen LogP contribution in [0.15, 0.2) is 41.8 Å². The van der Waals surface area contributed by atoms with Crippen molar-refractivity contribution in [2.45, 2.75) is 0 Å². The molecule has 46 valence electrons. The van der Waals surface area contributed by atoms with Gasteiger partial charge in [-0.1, -0.05) is 18.7 Å². The first-order valence-corrected chi connectivity index (χ1v) is 2.71. The lowest BCUT2D eigenvalue weighted by Crippen LogP contribution is -1.76. The monoisotopic (exact) mass is 121 g/mol. The fraction of sp³-hybridized carbons (Fsp3) is 0.143. The van der Waals surface area contributed by atoms with Crippen LogP contribution in [0.1, 0.15) is 0 Å². The summed E-state index contributed by atoms with van der Waals surface area (Å²) < 4.78 is 0. The summed E-state index contributed by atoms with van der Waals surface area (Å²) >= 11 is 0. The van der Waals surface area contributed by atoms with Gasteiger partial charge in [0.1, 0.15) is 0 Å².